The number of nitrogen functional groups attached to an aromatic ring is 1. The smallest absolute Gasteiger partial charge is 0.383 e. The van der Waals surface area contributed by atoms with Gasteiger partial charge in [-0.05, 0) is 6.92 Å². The van der Waals surface area contributed by atoms with Gasteiger partial charge in [0.1, 0.15) is 24.8 Å². The molecular formula is C17H30N5O4PS+2. The lowest BCUT2D eigenvalue weighted by Gasteiger charge is -2.23. The van der Waals surface area contributed by atoms with Gasteiger partial charge in [-0.15, -0.1) is 0 Å². The van der Waals surface area contributed by atoms with E-state index in [2.05, 4.69) is 14.5 Å². The van der Waals surface area contributed by atoms with E-state index in [1.165, 1.54) is 0 Å². The normalized spacial score (nSPS) is 14.2. The molecule has 0 fully saturated rings. The molecule has 156 valence electrons. The van der Waals surface area contributed by atoms with Crippen LogP contribution in [0.4, 0.5) is 5.82 Å². The molecular weight excluding hydrogens is 401 g/mol. The Bertz CT molecular complexity index is 853. The molecule has 0 saturated heterocycles. The number of quaternary nitrogens is 1. The zero-order chi connectivity index (χ0) is 20.9. The molecule has 3 N–H and O–H groups in total. The number of nitrogens with zero attached hydrogens (tertiary/aromatic N) is 4. The van der Waals surface area contributed by atoms with Crippen molar-refractivity contribution in [2.45, 2.75) is 26.8 Å². The first-order chi connectivity index (χ1) is 13.0. The molecule has 0 aliphatic heterocycles. The van der Waals surface area contributed by atoms with Crippen LogP contribution in [0.15, 0.2) is 11.7 Å². The summed E-state index contributed by atoms with van der Waals surface area (Å²) in [7, 11) is 1.92. The van der Waals surface area contributed by atoms with E-state index >= 15 is 0 Å². The van der Waals surface area contributed by atoms with Crippen molar-refractivity contribution < 1.29 is 27.6 Å². The molecule has 0 bridgehead atoms. The summed E-state index contributed by atoms with van der Waals surface area (Å²) < 4.78 is 24.8. The van der Waals surface area contributed by atoms with Gasteiger partial charge in [0.25, 0.3) is 0 Å². The average Bonchev–Trinajstić information content (AvgIpc) is 2.89. The Morgan fingerprint density at radius 1 is 1.29 bits per heavy atom. The topological polar surface area (TPSA) is 111 Å². The van der Waals surface area contributed by atoms with Gasteiger partial charge >= 0.3 is 7.82 Å². The second-order valence-electron chi connectivity index (χ2n) is 7.59. The number of aromatic nitrogens is 3. The Kier molecular flexibility index (Phi) is 7.66. The van der Waals surface area contributed by atoms with E-state index in [1.54, 1.807) is 24.5 Å². The van der Waals surface area contributed by atoms with Crippen LogP contribution in [-0.2, 0) is 26.6 Å². The molecule has 2 aromatic rings. The minimum Gasteiger partial charge on any atom is -0.383 e. The molecule has 2 heterocycles. The van der Waals surface area contributed by atoms with Crippen LogP contribution in [0.2, 0.25) is 0 Å². The number of aryl methyl sites for hydroxylation is 1. The van der Waals surface area contributed by atoms with Crippen LogP contribution in [0.1, 0.15) is 22.0 Å². The van der Waals surface area contributed by atoms with E-state index in [1.807, 2.05) is 33.6 Å². The van der Waals surface area contributed by atoms with Crippen LogP contribution >= 0.6 is 19.2 Å². The van der Waals surface area contributed by atoms with Crippen molar-refractivity contribution in [3.63, 3.8) is 0 Å². The zero-order valence-corrected chi connectivity index (χ0v) is 18.8. The van der Waals surface area contributed by atoms with Crippen molar-refractivity contribution in [1.82, 2.24) is 9.97 Å². The maximum Gasteiger partial charge on any atom is 0.472 e. The minimum atomic E-state index is -4.04. The fraction of sp³-hybridized carbons (Fsp3) is 0.588. The molecule has 1 unspecified atom stereocenters. The summed E-state index contributed by atoms with van der Waals surface area (Å²) in [5.74, 6) is 1.12. The molecule has 0 amide bonds. The molecule has 0 aliphatic carbocycles. The Morgan fingerprint density at radius 2 is 1.96 bits per heavy atom. The number of phosphoric ester groups is 1. The summed E-state index contributed by atoms with van der Waals surface area (Å²) in [5, 5.41) is 0. The maximum atomic E-state index is 12.0. The van der Waals surface area contributed by atoms with Gasteiger partial charge in [-0.2, -0.15) is 4.57 Å². The molecule has 0 aliphatic rings. The lowest BCUT2D eigenvalue weighted by molar-refractivity contribution is -0.870. The molecule has 0 spiro atoms. The van der Waals surface area contributed by atoms with Gasteiger partial charge in [-0.1, -0.05) is 11.3 Å². The molecule has 2 aromatic heterocycles. The van der Waals surface area contributed by atoms with E-state index < -0.39 is 7.82 Å². The number of phosphoric acid groups is 1. The molecule has 0 radical (unpaired) electrons. The van der Waals surface area contributed by atoms with E-state index in [-0.39, 0.29) is 13.2 Å². The van der Waals surface area contributed by atoms with Crippen LogP contribution in [0.3, 0.4) is 0 Å². The highest BCUT2D eigenvalue weighted by Crippen LogP contribution is 2.43. The Labute approximate surface area is 170 Å². The molecule has 28 heavy (non-hydrogen) atoms. The van der Waals surface area contributed by atoms with Crippen LogP contribution in [0, 0.1) is 13.8 Å². The van der Waals surface area contributed by atoms with Gasteiger partial charge < -0.3 is 15.1 Å². The van der Waals surface area contributed by atoms with Gasteiger partial charge in [-0.3, -0.25) is 9.05 Å². The monoisotopic (exact) mass is 431 g/mol. The van der Waals surface area contributed by atoms with E-state index in [0.717, 1.165) is 16.1 Å². The van der Waals surface area contributed by atoms with Crippen molar-refractivity contribution in [2.24, 2.45) is 0 Å². The molecule has 1 atom stereocenters. The van der Waals surface area contributed by atoms with Gasteiger partial charge in [0, 0.05) is 19.5 Å². The third-order valence-electron chi connectivity index (χ3n) is 4.12. The highest BCUT2D eigenvalue weighted by Gasteiger charge is 2.24. The summed E-state index contributed by atoms with van der Waals surface area (Å²) in [6, 6.07) is 0. The lowest BCUT2D eigenvalue weighted by atomic mass is 10.2. The number of hydrogen-bond acceptors (Lipinski definition) is 7. The first-order valence-corrected chi connectivity index (χ1v) is 11.3. The van der Waals surface area contributed by atoms with E-state index in [4.69, 9.17) is 14.8 Å². The lowest BCUT2D eigenvalue weighted by Crippen LogP contribution is -2.37. The molecule has 0 saturated carbocycles. The first kappa shape index (κ1) is 22.9. The third kappa shape index (κ3) is 7.20. The number of likely N-dealkylation sites (N-methyl/N-ethyl adjacent to an activating group) is 1. The predicted octanol–water partition coefficient (Wildman–Crippen LogP) is 1.46. The standard InChI is InChI=1S/C17H29N5O4PS/c1-13-16(6-8-25-27(23,24)26-9-7-22(3,4)5)28-12-21(13)11-15-10-19-14(2)20-17(15)18/h10,12H,6-9,11H2,1-5H3,(H2-,18,19,20,23,24)/q+1/p+1. The Morgan fingerprint density at radius 3 is 2.61 bits per heavy atom. The highest BCUT2D eigenvalue weighted by atomic mass is 32.1. The summed E-state index contributed by atoms with van der Waals surface area (Å²) in [4.78, 5) is 19.2. The Hall–Kier alpha value is -1.42. The van der Waals surface area contributed by atoms with E-state index in [0.29, 0.717) is 35.6 Å². The fourth-order valence-electron chi connectivity index (χ4n) is 2.39. The van der Waals surface area contributed by atoms with Gasteiger partial charge in [-0.25, -0.2) is 14.5 Å². The number of hydrogen-bond donors (Lipinski definition) is 2. The van der Waals surface area contributed by atoms with Crippen molar-refractivity contribution in [3.05, 3.63) is 33.7 Å². The predicted molar refractivity (Wildman–Crippen MR) is 108 cm³/mol. The SMILES string of the molecule is Cc1ncc(C[n+]2csc(CCOP(=O)(O)OCC[N+](C)(C)C)c2C)c(N)n1. The summed E-state index contributed by atoms with van der Waals surface area (Å²) in [6.07, 6.45) is 2.26. The summed E-state index contributed by atoms with van der Waals surface area (Å²) in [6.45, 7) is 5.25. The molecule has 0 aromatic carbocycles. The highest BCUT2D eigenvalue weighted by molar-refractivity contribution is 7.47. The number of anilines is 1. The van der Waals surface area contributed by atoms with Gasteiger partial charge in [0.2, 0.25) is 5.51 Å². The quantitative estimate of drug-likeness (QED) is 0.333. The zero-order valence-electron chi connectivity index (χ0n) is 17.1. The minimum absolute atomic E-state index is 0.106. The molecule has 2 rings (SSSR count). The fourth-order valence-corrected chi connectivity index (χ4v) is 4.07. The first-order valence-electron chi connectivity index (χ1n) is 8.93. The van der Waals surface area contributed by atoms with Crippen molar-refractivity contribution >= 4 is 25.0 Å². The number of rotatable bonds is 10. The molecule has 9 nitrogen and oxygen atoms in total. The van der Waals surface area contributed by atoms with Crippen LogP contribution < -0.4 is 10.3 Å². The van der Waals surface area contributed by atoms with Crippen molar-refractivity contribution in [2.75, 3.05) is 46.6 Å². The van der Waals surface area contributed by atoms with Gasteiger partial charge in [0.15, 0.2) is 12.2 Å². The largest absolute Gasteiger partial charge is 0.472 e. The van der Waals surface area contributed by atoms with E-state index in [9.17, 15) is 9.46 Å². The second-order valence-corrected chi connectivity index (χ2v) is 9.98. The van der Waals surface area contributed by atoms with Crippen LogP contribution in [-0.4, -0.2) is 60.2 Å². The maximum absolute atomic E-state index is 12.0. The van der Waals surface area contributed by atoms with Crippen LogP contribution in [0.5, 0.6) is 0 Å². The van der Waals surface area contributed by atoms with Crippen LogP contribution in [0.25, 0.3) is 0 Å². The summed E-state index contributed by atoms with van der Waals surface area (Å²) in [5.41, 5.74) is 9.85. The van der Waals surface area contributed by atoms with Gasteiger partial charge in [0.05, 0.1) is 38.2 Å². The summed E-state index contributed by atoms with van der Waals surface area (Å²) >= 11 is 1.56. The van der Waals surface area contributed by atoms with Crippen molar-refractivity contribution in [3.8, 4) is 0 Å². The average molecular weight is 431 g/mol. The third-order valence-corrected chi connectivity index (χ3v) is 6.28. The number of thiazole rings is 1. The van der Waals surface area contributed by atoms with Crippen molar-refractivity contribution in [1.29, 1.82) is 0 Å². The number of nitrogens with two attached hydrogens (primary N) is 1. The Balaban J connectivity index is 1.88. The second kappa shape index (κ2) is 9.39. The molecule has 11 heteroatoms.